The lowest BCUT2D eigenvalue weighted by molar-refractivity contribution is 0.136. The molecular weight excluding hydrogens is 372 g/mol. The fraction of sp³-hybridized carbons (Fsp3) is 0.714. The zero-order chi connectivity index (χ0) is 13.2. The van der Waals surface area contributed by atoms with Crippen molar-refractivity contribution in [3.63, 3.8) is 0 Å². The maximum absolute atomic E-state index is 5.69. The van der Waals surface area contributed by atoms with Crippen molar-refractivity contribution in [3.8, 4) is 0 Å². The van der Waals surface area contributed by atoms with E-state index in [2.05, 4.69) is 48.1 Å². The number of rotatable bonds is 3. The maximum Gasteiger partial charge on any atom is 0.183 e. The third kappa shape index (κ3) is 3.43. The second kappa shape index (κ2) is 6.29. The number of hydrogen-bond acceptors (Lipinski definition) is 3. The van der Waals surface area contributed by atoms with Gasteiger partial charge in [-0.25, -0.2) is 0 Å². The molecule has 0 spiro atoms. The summed E-state index contributed by atoms with van der Waals surface area (Å²) in [6.07, 6.45) is 5.39. The molecule has 1 N–H and O–H groups in total. The highest BCUT2D eigenvalue weighted by atomic mass is 79.9. The van der Waals surface area contributed by atoms with E-state index in [0.717, 1.165) is 33.4 Å². The predicted octanol–water partition coefficient (Wildman–Crippen LogP) is 3.77. The van der Waals surface area contributed by atoms with Crippen molar-refractivity contribution in [1.29, 1.82) is 0 Å². The van der Waals surface area contributed by atoms with Crippen molar-refractivity contribution >= 4 is 31.9 Å². The molecule has 0 aliphatic carbocycles. The van der Waals surface area contributed by atoms with E-state index in [9.17, 15) is 0 Å². The molecule has 106 valence electrons. The molecule has 0 radical (unpaired) electrons. The fourth-order valence-electron chi connectivity index (χ4n) is 3.37. The Balaban J connectivity index is 1.58. The molecular formula is C14H20Br2N2O. The van der Waals surface area contributed by atoms with E-state index in [0.29, 0.717) is 0 Å². The molecule has 3 nitrogen and oxygen atoms in total. The van der Waals surface area contributed by atoms with Crippen molar-refractivity contribution in [2.24, 2.45) is 5.92 Å². The molecule has 19 heavy (non-hydrogen) atoms. The molecule has 0 bridgehead atoms. The SMILES string of the molecule is Brc1cc(CN2CCCC(C3CCCN3)C2)oc1Br. The number of nitrogens with zero attached hydrogens (tertiary/aromatic N) is 1. The Bertz CT molecular complexity index is 410. The lowest BCUT2D eigenvalue weighted by atomic mass is 9.90. The molecule has 3 rings (SSSR count). The van der Waals surface area contributed by atoms with Gasteiger partial charge >= 0.3 is 0 Å². The second-order valence-corrected chi connectivity index (χ2v) is 7.25. The van der Waals surface area contributed by atoms with Gasteiger partial charge in [-0.2, -0.15) is 0 Å². The van der Waals surface area contributed by atoms with Gasteiger partial charge in [-0.3, -0.25) is 4.90 Å². The maximum atomic E-state index is 5.69. The van der Waals surface area contributed by atoms with Crippen LogP contribution in [0.15, 0.2) is 19.6 Å². The Morgan fingerprint density at radius 1 is 1.32 bits per heavy atom. The summed E-state index contributed by atoms with van der Waals surface area (Å²) in [5.41, 5.74) is 0. The van der Waals surface area contributed by atoms with E-state index in [1.807, 2.05) is 0 Å². The third-order valence-corrected chi connectivity index (χ3v) is 6.00. The first kappa shape index (κ1) is 14.1. The van der Waals surface area contributed by atoms with Gasteiger partial charge < -0.3 is 9.73 Å². The van der Waals surface area contributed by atoms with Gasteiger partial charge in [0.1, 0.15) is 5.76 Å². The highest BCUT2D eigenvalue weighted by molar-refractivity contribution is 9.13. The van der Waals surface area contributed by atoms with Crippen LogP contribution in [0.25, 0.3) is 0 Å². The first-order valence-corrected chi connectivity index (χ1v) is 8.70. The van der Waals surface area contributed by atoms with Gasteiger partial charge in [0.05, 0.1) is 11.0 Å². The van der Waals surface area contributed by atoms with Crippen LogP contribution in [-0.4, -0.2) is 30.6 Å². The molecule has 1 aromatic heterocycles. The van der Waals surface area contributed by atoms with Gasteiger partial charge in [0.25, 0.3) is 0 Å². The lowest BCUT2D eigenvalue weighted by Crippen LogP contribution is -2.43. The van der Waals surface area contributed by atoms with Gasteiger partial charge in [0, 0.05) is 12.6 Å². The Morgan fingerprint density at radius 3 is 2.89 bits per heavy atom. The van der Waals surface area contributed by atoms with Crippen LogP contribution < -0.4 is 5.32 Å². The number of hydrogen-bond donors (Lipinski definition) is 1. The molecule has 1 aromatic rings. The zero-order valence-corrected chi connectivity index (χ0v) is 14.2. The summed E-state index contributed by atoms with van der Waals surface area (Å²) in [6, 6.07) is 2.82. The van der Waals surface area contributed by atoms with Crippen molar-refractivity contribution < 1.29 is 4.42 Å². The highest BCUT2D eigenvalue weighted by Crippen LogP contribution is 2.29. The van der Waals surface area contributed by atoms with Gasteiger partial charge in [0.2, 0.25) is 0 Å². The average Bonchev–Trinajstić information content (AvgIpc) is 3.01. The predicted molar refractivity (Wildman–Crippen MR) is 83.1 cm³/mol. The van der Waals surface area contributed by atoms with Gasteiger partial charge in [0.15, 0.2) is 4.67 Å². The van der Waals surface area contributed by atoms with Crippen molar-refractivity contribution in [3.05, 3.63) is 21.0 Å². The Labute approximate surface area is 131 Å². The molecule has 5 heteroatoms. The normalized spacial score (nSPS) is 28.9. The quantitative estimate of drug-likeness (QED) is 0.849. The molecule has 0 aromatic carbocycles. The van der Waals surface area contributed by atoms with Gasteiger partial charge in [-0.1, -0.05) is 0 Å². The molecule has 2 unspecified atom stereocenters. The molecule has 2 aliphatic rings. The average molecular weight is 392 g/mol. The molecule has 2 atom stereocenters. The smallest absolute Gasteiger partial charge is 0.183 e. The topological polar surface area (TPSA) is 28.4 Å². The Morgan fingerprint density at radius 2 is 2.21 bits per heavy atom. The summed E-state index contributed by atoms with van der Waals surface area (Å²) in [5, 5.41) is 3.66. The standard InChI is InChI=1S/C14H20Br2N2O/c15-12-7-11(19-14(12)16)9-18-6-2-3-10(8-18)13-4-1-5-17-13/h7,10,13,17H,1-6,8-9H2. The Kier molecular flexibility index (Phi) is 4.67. The van der Waals surface area contributed by atoms with Gasteiger partial charge in [-0.05, 0) is 82.6 Å². The summed E-state index contributed by atoms with van der Waals surface area (Å²) in [4.78, 5) is 2.53. The fourth-order valence-corrected chi connectivity index (χ4v) is 4.03. The molecule has 0 amide bonds. The summed E-state index contributed by atoms with van der Waals surface area (Å²) >= 11 is 6.88. The molecule has 3 heterocycles. The number of nitrogens with one attached hydrogen (secondary N) is 1. The minimum Gasteiger partial charge on any atom is -0.452 e. The van der Waals surface area contributed by atoms with Crippen LogP contribution in [0.2, 0.25) is 0 Å². The van der Waals surface area contributed by atoms with E-state index in [4.69, 9.17) is 4.42 Å². The largest absolute Gasteiger partial charge is 0.452 e. The molecule has 2 saturated heterocycles. The van der Waals surface area contributed by atoms with E-state index in [-0.39, 0.29) is 0 Å². The van der Waals surface area contributed by atoms with Crippen molar-refractivity contribution in [2.75, 3.05) is 19.6 Å². The number of halogens is 2. The zero-order valence-electron chi connectivity index (χ0n) is 11.0. The summed E-state index contributed by atoms with van der Waals surface area (Å²) in [6.45, 7) is 4.53. The first-order chi connectivity index (χ1) is 9.22. The van der Waals surface area contributed by atoms with Crippen molar-refractivity contribution in [1.82, 2.24) is 10.2 Å². The van der Waals surface area contributed by atoms with Crippen LogP contribution in [0.1, 0.15) is 31.4 Å². The number of likely N-dealkylation sites (tertiary alicyclic amines) is 1. The van der Waals surface area contributed by atoms with E-state index < -0.39 is 0 Å². The molecule has 0 saturated carbocycles. The van der Waals surface area contributed by atoms with Crippen LogP contribution >= 0.6 is 31.9 Å². The third-order valence-electron chi connectivity index (χ3n) is 4.29. The highest BCUT2D eigenvalue weighted by Gasteiger charge is 2.29. The van der Waals surface area contributed by atoms with Crippen LogP contribution in [-0.2, 0) is 6.54 Å². The Hall–Kier alpha value is 0.160. The number of piperidine rings is 1. The first-order valence-electron chi connectivity index (χ1n) is 7.12. The summed E-state index contributed by atoms with van der Waals surface area (Å²) < 4.78 is 7.50. The monoisotopic (exact) mass is 390 g/mol. The van der Waals surface area contributed by atoms with Gasteiger partial charge in [-0.15, -0.1) is 0 Å². The van der Waals surface area contributed by atoms with Crippen LogP contribution in [0, 0.1) is 5.92 Å². The summed E-state index contributed by atoms with van der Waals surface area (Å²) in [7, 11) is 0. The second-order valence-electron chi connectivity index (χ2n) is 5.67. The van der Waals surface area contributed by atoms with E-state index >= 15 is 0 Å². The number of furan rings is 1. The molecule has 2 aliphatic heterocycles. The van der Waals surface area contributed by atoms with E-state index in [1.54, 1.807) is 0 Å². The minimum atomic E-state index is 0.748. The van der Waals surface area contributed by atoms with Crippen LogP contribution in [0.5, 0.6) is 0 Å². The van der Waals surface area contributed by atoms with Crippen molar-refractivity contribution in [2.45, 2.75) is 38.3 Å². The minimum absolute atomic E-state index is 0.748. The van der Waals surface area contributed by atoms with Crippen LogP contribution in [0.3, 0.4) is 0 Å². The van der Waals surface area contributed by atoms with E-state index in [1.165, 1.54) is 45.3 Å². The summed E-state index contributed by atoms with van der Waals surface area (Å²) in [5.74, 6) is 1.86. The molecule has 2 fully saturated rings. The lowest BCUT2D eigenvalue weighted by Gasteiger charge is -2.35. The van der Waals surface area contributed by atoms with Crippen LogP contribution in [0.4, 0.5) is 0 Å².